The molecule has 1 aromatic carbocycles. The van der Waals surface area contributed by atoms with Crippen LogP contribution < -0.4 is 0 Å². The van der Waals surface area contributed by atoms with Crippen LogP contribution in [0.1, 0.15) is 19.8 Å². The Morgan fingerprint density at radius 2 is 2.26 bits per heavy atom. The number of hydrogen-bond donors (Lipinski definition) is 0. The number of unbranched alkanes of at least 4 members (excludes halogenated alkanes) is 1. The number of azide groups is 1. The van der Waals surface area contributed by atoms with Crippen molar-refractivity contribution in [3.8, 4) is 0 Å². The second-order valence-corrected chi connectivity index (χ2v) is 7.31. The first-order valence-corrected chi connectivity index (χ1v) is 8.22. The van der Waals surface area contributed by atoms with Gasteiger partial charge in [0.1, 0.15) is 0 Å². The molecule has 0 fully saturated rings. The van der Waals surface area contributed by atoms with Gasteiger partial charge in [0.05, 0.1) is 16.0 Å². The van der Waals surface area contributed by atoms with E-state index in [0.717, 1.165) is 17.8 Å². The van der Waals surface area contributed by atoms with Gasteiger partial charge in [-0.25, -0.2) is 13.4 Å². The van der Waals surface area contributed by atoms with Crippen LogP contribution in [0.5, 0.6) is 0 Å². The number of sulfone groups is 1. The van der Waals surface area contributed by atoms with Gasteiger partial charge in [0.2, 0.25) is 14.2 Å². The molecule has 1 heterocycles. The number of benzene rings is 1. The molecule has 0 unspecified atom stereocenters. The van der Waals surface area contributed by atoms with Crippen LogP contribution in [0.25, 0.3) is 20.7 Å². The highest BCUT2D eigenvalue weighted by Crippen LogP contribution is 2.29. The van der Waals surface area contributed by atoms with Crippen molar-refractivity contribution in [3.63, 3.8) is 0 Å². The Hall–Kier alpha value is -1.63. The number of aromatic nitrogens is 1. The molecular weight excluding hydrogens is 284 g/mol. The Labute approximate surface area is 114 Å². The molecule has 100 valence electrons. The van der Waals surface area contributed by atoms with Crippen LogP contribution in [0, 0.1) is 0 Å². The van der Waals surface area contributed by atoms with Gasteiger partial charge in [0.25, 0.3) is 0 Å². The summed E-state index contributed by atoms with van der Waals surface area (Å²) < 4.78 is 24.9. The highest BCUT2D eigenvalue weighted by molar-refractivity contribution is 7.93. The molecular formula is C11H12N4O2S2. The maximum atomic E-state index is 12.0. The van der Waals surface area contributed by atoms with E-state index in [1.807, 2.05) is 6.92 Å². The fourth-order valence-electron chi connectivity index (χ4n) is 1.56. The van der Waals surface area contributed by atoms with Crippen molar-refractivity contribution in [1.82, 2.24) is 4.98 Å². The van der Waals surface area contributed by atoms with Crippen LogP contribution in [0.3, 0.4) is 0 Å². The van der Waals surface area contributed by atoms with Gasteiger partial charge in [0.15, 0.2) is 0 Å². The lowest BCUT2D eigenvalue weighted by atomic mass is 10.3. The van der Waals surface area contributed by atoms with Crippen LogP contribution >= 0.6 is 11.3 Å². The number of rotatable bonds is 5. The molecule has 0 N–H and O–H groups in total. The Balaban J connectivity index is 2.44. The molecule has 2 rings (SSSR count). The SMILES string of the molecule is CCCCS(=O)(=O)c1nc2ccc(N=[N+]=[N-])cc2s1. The third-order valence-corrected chi connectivity index (χ3v) is 5.82. The summed E-state index contributed by atoms with van der Waals surface area (Å²) in [6, 6.07) is 4.92. The van der Waals surface area contributed by atoms with E-state index in [-0.39, 0.29) is 10.1 Å². The van der Waals surface area contributed by atoms with Crippen LogP contribution in [-0.4, -0.2) is 19.2 Å². The van der Waals surface area contributed by atoms with Gasteiger partial charge in [-0.2, -0.15) is 0 Å². The Bertz CT molecular complexity index is 745. The van der Waals surface area contributed by atoms with E-state index in [1.165, 1.54) is 0 Å². The molecule has 0 spiro atoms. The summed E-state index contributed by atoms with van der Waals surface area (Å²) in [6.45, 7) is 1.94. The van der Waals surface area contributed by atoms with E-state index in [4.69, 9.17) is 5.53 Å². The largest absolute Gasteiger partial charge is 0.225 e. The highest BCUT2D eigenvalue weighted by Gasteiger charge is 2.18. The first-order chi connectivity index (χ1) is 9.06. The number of fused-ring (bicyclic) bond motifs is 1. The van der Waals surface area contributed by atoms with E-state index >= 15 is 0 Å². The average Bonchev–Trinajstić information content (AvgIpc) is 2.81. The second-order valence-electron chi connectivity index (χ2n) is 3.99. The van der Waals surface area contributed by atoms with Gasteiger partial charge < -0.3 is 0 Å². The molecule has 8 heteroatoms. The number of hydrogen-bond acceptors (Lipinski definition) is 5. The Kier molecular flexibility index (Phi) is 4.04. The van der Waals surface area contributed by atoms with Gasteiger partial charge in [-0.3, -0.25) is 0 Å². The highest BCUT2D eigenvalue weighted by atomic mass is 32.2. The maximum absolute atomic E-state index is 12.0. The lowest BCUT2D eigenvalue weighted by Crippen LogP contribution is -2.05. The lowest BCUT2D eigenvalue weighted by molar-refractivity contribution is 0.592. The van der Waals surface area contributed by atoms with Gasteiger partial charge in [-0.1, -0.05) is 24.5 Å². The summed E-state index contributed by atoms with van der Waals surface area (Å²) in [6.07, 6.45) is 1.45. The first kappa shape index (κ1) is 13.8. The second kappa shape index (κ2) is 5.56. The number of thiazole rings is 1. The van der Waals surface area contributed by atoms with Crippen LogP contribution in [0.4, 0.5) is 5.69 Å². The molecule has 0 saturated carbocycles. The minimum atomic E-state index is -3.31. The van der Waals surface area contributed by atoms with E-state index in [2.05, 4.69) is 15.0 Å². The number of nitrogens with zero attached hydrogens (tertiary/aromatic N) is 4. The van der Waals surface area contributed by atoms with Crippen molar-refractivity contribution in [1.29, 1.82) is 0 Å². The predicted molar refractivity (Wildman–Crippen MR) is 75.4 cm³/mol. The minimum Gasteiger partial charge on any atom is -0.225 e. The zero-order valence-electron chi connectivity index (χ0n) is 10.3. The zero-order chi connectivity index (χ0) is 13.9. The summed E-state index contributed by atoms with van der Waals surface area (Å²) >= 11 is 1.11. The van der Waals surface area contributed by atoms with Gasteiger partial charge in [-0.15, -0.1) is 11.3 Å². The monoisotopic (exact) mass is 296 g/mol. The predicted octanol–water partition coefficient (Wildman–Crippen LogP) is 3.81. The van der Waals surface area contributed by atoms with E-state index in [9.17, 15) is 8.42 Å². The molecule has 0 radical (unpaired) electrons. The van der Waals surface area contributed by atoms with Crippen LogP contribution in [0.15, 0.2) is 27.7 Å². The summed E-state index contributed by atoms with van der Waals surface area (Å²) in [7, 11) is -3.31. The third kappa shape index (κ3) is 3.04. The average molecular weight is 296 g/mol. The Morgan fingerprint density at radius 3 is 2.95 bits per heavy atom. The van der Waals surface area contributed by atoms with Gasteiger partial charge >= 0.3 is 0 Å². The lowest BCUT2D eigenvalue weighted by Gasteiger charge is -1.97. The maximum Gasteiger partial charge on any atom is 0.210 e. The summed E-state index contributed by atoms with van der Waals surface area (Å²) in [5, 5.41) is 3.49. The molecule has 0 aliphatic carbocycles. The summed E-state index contributed by atoms with van der Waals surface area (Å²) in [5.41, 5.74) is 9.44. The molecule has 0 bridgehead atoms. The van der Waals surface area contributed by atoms with Crippen molar-refractivity contribution in [2.75, 3.05) is 5.75 Å². The molecule has 0 aliphatic rings. The molecule has 1 aromatic heterocycles. The molecule has 19 heavy (non-hydrogen) atoms. The fourth-order valence-corrected chi connectivity index (χ4v) is 4.40. The third-order valence-electron chi connectivity index (χ3n) is 2.55. The Morgan fingerprint density at radius 1 is 1.47 bits per heavy atom. The van der Waals surface area contributed by atoms with Crippen molar-refractivity contribution in [2.24, 2.45) is 5.11 Å². The first-order valence-electron chi connectivity index (χ1n) is 5.75. The topological polar surface area (TPSA) is 95.8 Å². The molecule has 2 aromatic rings. The summed E-state index contributed by atoms with van der Waals surface area (Å²) in [5.74, 6) is 0.118. The zero-order valence-corrected chi connectivity index (χ0v) is 11.9. The standard InChI is InChI=1S/C11H12N4O2S2/c1-2-3-6-19(16,17)11-13-9-5-4-8(14-15-12)7-10(9)18-11/h4-5,7H,2-3,6H2,1H3. The molecule has 0 saturated heterocycles. The fraction of sp³-hybridized carbons (Fsp3) is 0.364. The van der Waals surface area contributed by atoms with Crippen molar-refractivity contribution in [2.45, 2.75) is 24.1 Å². The van der Waals surface area contributed by atoms with E-state index < -0.39 is 9.84 Å². The molecule has 0 aliphatic heterocycles. The summed E-state index contributed by atoms with van der Waals surface area (Å²) in [4.78, 5) is 6.83. The van der Waals surface area contributed by atoms with Crippen LogP contribution in [-0.2, 0) is 9.84 Å². The van der Waals surface area contributed by atoms with E-state index in [0.29, 0.717) is 22.3 Å². The van der Waals surface area contributed by atoms with Gasteiger partial charge in [0, 0.05) is 10.6 Å². The molecule has 0 atom stereocenters. The minimum absolute atomic E-state index is 0.118. The normalized spacial score (nSPS) is 11.4. The van der Waals surface area contributed by atoms with E-state index in [1.54, 1.807) is 18.2 Å². The smallest absolute Gasteiger partial charge is 0.210 e. The quantitative estimate of drug-likeness (QED) is 0.476. The molecule has 6 nitrogen and oxygen atoms in total. The molecule has 0 amide bonds. The van der Waals surface area contributed by atoms with Crippen molar-refractivity contribution >= 4 is 37.1 Å². The van der Waals surface area contributed by atoms with Crippen molar-refractivity contribution in [3.05, 3.63) is 28.6 Å². The van der Waals surface area contributed by atoms with Gasteiger partial charge in [-0.05, 0) is 24.1 Å². The van der Waals surface area contributed by atoms with Crippen molar-refractivity contribution < 1.29 is 8.42 Å². The van der Waals surface area contributed by atoms with Crippen LogP contribution in [0.2, 0.25) is 0 Å².